The van der Waals surface area contributed by atoms with Crippen LogP contribution < -0.4 is 5.32 Å². The average Bonchev–Trinajstić information content (AvgIpc) is 3.15. The fourth-order valence-corrected chi connectivity index (χ4v) is 3.56. The van der Waals surface area contributed by atoms with Crippen LogP contribution in [-0.2, 0) is 11.3 Å². The van der Waals surface area contributed by atoms with E-state index in [0.717, 1.165) is 13.1 Å². The number of nitrogens with zero attached hydrogens (tertiary/aromatic N) is 2. The topological polar surface area (TPSA) is 39.1 Å². The molecule has 2 aliphatic rings. The summed E-state index contributed by atoms with van der Waals surface area (Å²) in [6.45, 7) is 6.35. The predicted molar refractivity (Wildman–Crippen MR) is 74.9 cm³/mol. The lowest BCUT2D eigenvalue weighted by Crippen LogP contribution is -2.34. The molecule has 2 fully saturated rings. The molecule has 4 unspecified atom stereocenters. The Kier molecular flexibility index (Phi) is 3.89. The first-order chi connectivity index (χ1) is 9.31. The van der Waals surface area contributed by atoms with E-state index in [4.69, 9.17) is 4.74 Å². The van der Waals surface area contributed by atoms with E-state index >= 15 is 0 Å². The lowest BCUT2D eigenvalue weighted by molar-refractivity contribution is 0.0856. The second kappa shape index (κ2) is 5.63. The lowest BCUT2D eigenvalue weighted by atomic mass is 9.81. The van der Waals surface area contributed by atoms with Gasteiger partial charge in [-0.15, -0.1) is 0 Å². The van der Waals surface area contributed by atoms with E-state index in [1.807, 2.05) is 10.9 Å². The Bertz CT molecular complexity index is 417. The van der Waals surface area contributed by atoms with Crippen LogP contribution in [0.25, 0.3) is 0 Å². The summed E-state index contributed by atoms with van der Waals surface area (Å²) in [5.41, 5.74) is 1.33. The molecular formula is C15H25N3O. The van der Waals surface area contributed by atoms with Crippen LogP contribution in [0.1, 0.15) is 51.1 Å². The quantitative estimate of drug-likeness (QED) is 0.857. The van der Waals surface area contributed by atoms with Gasteiger partial charge in [-0.3, -0.25) is 4.68 Å². The first kappa shape index (κ1) is 13.1. The number of fused-ring (bicyclic) bond motifs is 2. The summed E-state index contributed by atoms with van der Waals surface area (Å²) in [4.78, 5) is 0. The Morgan fingerprint density at radius 3 is 2.95 bits per heavy atom. The first-order valence-electron chi connectivity index (χ1n) is 7.73. The maximum atomic E-state index is 6.03. The highest BCUT2D eigenvalue weighted by molar-refractivity contribution is 5.14. The molecule has 0 radical (unpaired) electrons. The summed E-state index contributed by atoms with van der Waals surface area (Å²) in [6, 6.07) is 0.413. The minimum Gasteiger partial charge on any atom is -0.375 e. The minimum atomic E-state index is 0.413. The van der Waals surface area contributed by atoms with Crippen molar-refractivity contribution in [3.63, 3.8) is 0 Å². The third-order valence-electron chi connectivity index (χ3n) is 4.53. The molecule has 0 aromatic carbocycles. The number of hydrogen-bond donors (Lipinski definition) is 1. The monoisotopic (exact) mass is 263 g/mol. The smallest absolute Gasteiger partial charge is 0.0627 e. The predicted octanol–water partition coefficient (Wildman–Crippen LogP) is 2.51. The maximum absolute atomic E-state index is 6.03. The highest BCUT2D eigenvalue weighted by atomic mass is 16.5. The summed E-state index contributed by atoms with van der Waals surface area (Å²) in [7, 11) is 0. The van der Waals surface area contributed by atoms with E-state index in [1.165, 1.54) is 31.2 Å². The van der Waals surface area contributed by atoms with Gasteiger partial charge in [0, 0.05) is 30.3 Å². The molecule has 1 aromatic rings. The van der Waals surface area contributed by atoms with Crippen molar-refractivity contribution < 1.29 is 4.74 Å². The van der Waals surface area contributed by atoms with Crippen molar-refractivity contribution in [3.05, 3.63) is 18.0 Å². The van der Waals surface area contributed by atoms with Crippen LogP contribution in [0.3, 0.4) is 0 Å². The third-order valence-corrected chi connectivity index (χ3v) is 4.53. The Balaban J connectivity index is 1.76. The van der Waals surface area contributed by atoms with E-state index in [2.05, 4.69) is 30.5 Å². The number of hydrogen-bond acceptors (Lipinski definition) is 3. The third kappa shape index (κ3) is 2.56. The van der Waals surface area contributed by atoms with E-state index in [0.29, 0.717) is 24.2 Å². The van der Waals surface area contributed by atoms with Gasteiger partial charge in [-0.2, -0.15) is 5.10 Å². The Morgan fingerprint density at radius 1 is 1.47 bits per heavy atom. The zero-order valence-electron chi connectivity index (χ0n) is 12.0. The van der Waals surface area contributed by atoms with Gasteiger partial charge in [0.15, 0.2) is 0 Å². The van der Waals surface area contributed by atoms with Gasteiger partial charge in [-0.1, -0.05) is 6.92 Å². The molecular weight excluding hydrogens is 238 g/mol. The van der Waals surface area contributed by atoms with Crippen LogP contribution in [0.4, 0.5) is 0 Å². The van der Waals surface area contributed by atoms with Gasteiger partial charge in [0.2, 0.25) is 0 Å². The molecule has 1 N–H and O–H groups in total. The van der Waals surface area contributed by atoms with Crippen LogP contribution in [-0.4, -0.2) is 28.5 Å². The van der Waals surface area contributed by atoms with Crippen LogP contribution in [0.5, 0.6) is 0 Å². The molecule has 0 aliphatic carbocycles. The number of aromatic nitrogens is 2. The second-order valence-electron chi connectivity index (χ2n) is 5.83. The SMILES string of the molecule is CCCNC(c1cnn(CC)c1)C1CC2CCC1O2. The zero-order chi connectivity index (χ0) is 13.2. The van der Waals surface area contributed by atoms with Crippen LogP contribution in [0, 0.1) is 5.92 Å². The first-order valence-corrected chi connectivity index (χ1v) is 7.73. The van der Waals surface area contributed by atoms with Crippen molar-refractivity contribution in [2.24, 2.45) is 5.92 Å². The molecule has 0 spiro atoms. The van der Waals surface area contributed by atoms with E-state index in [9.17, 15) is 0 Å². The van der Waals surface area contributed by atoms with E-state index < -0.39 is 0 Å². The lowest BCUT2D eigenvalue weighted by Gasteiger charge is -2.28. The van der Waals surface area contributed by atoms with Gasteiger partial charge >= 0.3 is 0 Å². The van der Waals surface area contributed by atoms with Gasteiger partial charge in [0.25, 0.3) is 0 Å². The molecule has 4 atom stereocenters. The maximum Gasteiger partial charge on any atom is 0.0627 e. The van der Waals surface area contributed by atoms with Gasteiger partial charge in [0.1, 0.15) is 0 Å². The van der Waals surface area contributed by atoms with Gasteiger partial charge in [-0.25, -0.2) is 0 Å². The molecule has 0 saturated carbocycles. The molecule has 1 aromatic heterocycles. The summed E-state index contributed by atoms with van der Waals surface area (Å²) in [5.74, 6) is 0.625. The van der Waals surface area contributed by atoms with Crippen LogP contribution in [0.2, 0.25) is 0 Å². The van der Waals surface area contributed by atoms with E-state index in [-0.39, 0.29) is 0 Å². The highest BCUT2D eigenvalue weighted by Gasteiger charge is 2.44. The van der Waals surface area contributed by atoms with Gasteiger partial charge < -0.3 is 10.1 Å². The number of rotatable bonds is 6. The fourth-order valence-electron chi connectivity index (χ4n) is 3.56. The molecule has 3 heterocycles. The molecule has 0 amide bonds. The van der Waals surface area contributed by atoms with Crippen molar-refractivity contribution in [2.45, 2.75) is 64.3 Å². The second-order valence-corrected chi connectivity index (χ2v) is 5.83. The molecule has 4 heteroatoms. The summed E-state index contributed by atoms with van der Waals surface area (Å²) >= 11 is 0. The number of aryl methyl sites for hydroxylation is 1. The number of ether oxygens (including phenoxy) is 1. The largest absolute Gasteiger partial charge is 0.375 e. The van der Waals surface area contributed by atoms with Gasteiger partial charge in [-0.05, 0) is 39.2 Å². The van der Waals surface area contributed by atoms with Crippen molar-refractivity contribution >= 4 is 0 Å². The van der Waals surface area contributed by atoms with Crippen molar-refractivity contribution in [1.29, 1.82) is 0 Å². The average molecular weight is 263 g/mol. The zero-order valence-corrected chi connectivity index (χ0v) is 12.0. The molecule has 106 valence electrons. The fraction of sp³-hybridized carbons (Fsp3) is 0.800. The molecule has 3 rings (SSSR count). The van der Waals surface area contributed by atoms with Gasteiger partial charge in [0.05, 0.1) is 18.4 Å². The Labute approximate surface area is 115 Å². The minimum absolute atomic E-state index is 0.413. The van der Waals surface area contributed by atoms with Crippen LogP contribution >= 0.6 is 0 Å². The molecule has 2 saturated heterocycles. The summed E-state index contributed by atoms with van der Waals surface area (Å²) in [6.07, 6.45) is 10.1. The standard InChI is InChI=1S/C15H25N3O/c1-3-7-16-15(11-9-17-18(4-2)10-11)13-8-12-5-6-14(13)19-12/h9-10,12-16H,3-8H2,1-2H3. The summed E-state index contributed by atoms with van der Waals surface area (Å²) < 4.78 is 8.05. The van der Waals surface area contributed by atoms with Crippen molar-refractivity contribution in [3.8, 4) is 0 Å². The summed E-state index contributed by atoms with van der Waals surface area (Å²) in [5, 5.41) is 8.15. The normalized spacial score (nSPS) is 30.9. The molecule has 2 bridgehead atoms. The Hall–Kier alpha value is -0.870. The number of nitrogens with one attached hydrogen (secondary N) is 1. The Morgan fingerprint density at radius 2 is 2.37 bits per heavy atom. The van der Waals surface area contributed by atoms with Crippen molar-refractivity contribution in [2.75, 3.05) is 6.54 Å². The molecule has 19 heavy (non-hydrogen) atoms. The van der Waals surface area contributed by atoms with Crippen LogP contribution in [0.15, 0.2) is 12.4 Å². The van der Waals surface area contributed by atoms with Crippen molar-refractivity contribution in [1.82, 2.24) is 15.1 Å². The molecule has 2 aliphatic heterocycles. The highest BCUT2D eigenvalue weighted by Crippen LogP contribution is 2.44. The molecule has 4 nitrogen and oxygen atoms in total. The van der Waals surface area contributed by atoms with E-state index in [1.54, 1.807) is 0 Å².